The van der Waals surface area contributed by atoms with E-state index < -0.39 is 10.0 Å². The van der Waals surface area contributed by atoms with E-state index in [1.165, 1.54) is 30.5 Å². The molecule has 166 valence electrons. The highest BCUT2D eigenvalue weighted by molar-refractivity contribution is 7.89. The van der Waals surface area contributed by atoms with Crippen LogP contribution in [0, 0.1) is 5.92 Å². The Kier molecular flexibility index (Phi) is 5.91. The molecule has 2 N–H and O–H groups in total. The van der Waals surface area contributed by atoms with Crippen molar-refractivity contribution in [1.82, 2.24) is 9.62 Å². The molecule has 2 aromatic rings. The Morgan fingerprint density at radius 1 is 0.871 bits per heavy atom. The molecule has 1 unspecified atom stereocenters. The zero-order valence-electron chi connectivity index (χ0n) is 18.0. The maximum Gasteiger partial charge on any atom is 0.244 e. The van der Waals surface area contributed by atoms with Gasteiger partial charge in [-0.15, -0.1) is 0 Å². The van der Waals surface area contributed by atoms with Gasteiger partial charge in [-0.3, -0.25) is 4.90 Å². The molecular weight excluding hydrogens is 408 g/mol. The van der Waals surface area contributed by atoms with Gasteiger partial charge in [0.05, 0.1) is 11.9 Å². The van der Waals surface area contributed by atoms with Crippen LogP contribution in [0.25, 0.3) is 0 Å². The third-order valence-corrected chi connectivity index (χ3v) is 8.45. The predicted octanol–water partition coefficient (Wildman–Crippen LogP) is 3.62. The van der Waals surface area contributed by atoms with E-state index in [1.807, 2.05) is 12.1 Å². The molecule has 0 spiro atoms. The Hall–Kier alpha value is -2.09. The molecule has 2 fully saturated rings. The summed E-state index contributed by atoms with van der Waals surface area (Å²) >= 11 is 0. The second-order valence-corrected chi connectivity index (χ2v) is 10.7. The summed E-state index contributed by atoms with van der Waals surface area (Å²) in [6.07, 6.45) is 5.64. The van der Waals surface area contributed by atoms with Gasteiger partial charge >= 0.3 is 0 Å². The van der Waals surface area contributed by atoms with Gasteiger partial charge in [-0.1, -0.05) is 30.3 Å². The highest BCUT2D eigenvalue weighted by atomic mass is 32.2. The largest absolute Gasteiger partial charge is 0.371 e. The number of piperidine rings is 2. The third kappa shape index (κ3) is 4.45. The van der Waals surface area contributed by atoms with Gasteiger partial charge in [-0.25, -0.2) is 8.42 Å². The molecule has 3 aliphatic heterocycles. The summed E-state index contributed by atoms with van der Waals surface area (Å²) in [5.41, 5.74) is 3.51. The molecule has 0 amide bonds. The molecule has 0 radical (unpaired) electrons. The number of rotatable bonds is 4. The smallest absolute Gasteiger partial charge is 0.244 e. The minimum absolute atomic E-state index is 0.234. The van der Waals surface area contributed by atoms with Crippen LogP contribution in [0.15, 0.2) is 53.4 Å². The van der Waals surface area contributed by atoms with Crippen molar-refractivity contribution in [2.75, 3.05) is 36.4 Å². The quantitative estimate of drug-likeness (QED) is 0.760. The van der Waals surface area contributed by atoms with Crippen LogP contribution >= 0.6 is 0 Å². The van der Waals surface area contributed by atoms with Crippen LogP contribution in [0.2, 0.25) is 0 Å². The lowest BCUT2D eigenvalue weighted by Gasteiger charge is -2.39. The van der Waals surface area contributed by atoms with Gasteiger partial charge in [0.15, 0.2) is 0 Å². The first-order valence-electron chi connectivity index (χ1n) is 11.5. The van der Waals surface area contributed by atoms with Crippen molar-refractivity contribution in [1.29, 1.82) is 0 Å². The molecule has 3 heterocycles. The Labute approximate surface area is 185 Å². The van der Waals surface area contributed by atoms with E-state index >= 15 is 0 Å². The number of nitrogens with zero attached hydrogens (tertiary/aromatic N) is 2. The first-order chi connectivity index (χ1) is 15.1. The van der Waals surface area contributed by atoms with E-state index in [9.17, 15) is 8.42 Å². The summed E-state index contributed by atoms with van der Waals surface area (Å²) in [4.78, 5) is 5.41. The van der Waals surface area contributed by atoms with Crippen LogP contribution in [0.4, 0.5) is 11.4 Å². The molecular formula is C24H32N4O2S. The first kappa shape index (κ1) is 20.8. The fraction of sp³-hybridized carbons (Fsp3) is 0.500. The molecule has 0 aliphatic carbocycles. The normalized spacial score (nSPS) is 24.4. The lowest BCUT2D eigenvalue weighted by Crippen LogP contribution is -2.51. The molecule has 6 nitrogen and oxygen atoms in total. The fourth-order valence-corrected chi connectivity index (χ4v) is 6.62. The number of hydrogen-bond donors (Lipinski definition) is 2. The maximum absolute atomic E-state index is 12.7. The summed E-state index contributed by atoms with van der Waals surface area (Å²) in [6.45, 7) is 5.26. The molecule has 0 bridgehead atoms. The monoisotopic (exact) mass is 440 g/mol. The Balaban J connectivity index is 1.22. The SMILES string of the molecule is O=S1(=O)NC(C2CCN(Cc3ccccc3N3CCCCC3)CC2)Nc2ccccc21. The van der Waals surface area contributed by atoms with Gasteiger partial charge < -0.3 is 10.2 Å². The van der Waals surface area contributed by atoms with Crippen molar-refractivity contribution in [2.45, 2.75) is 49.7 Å². The lowest BCUT2D eigenvalue weighted by atomic mass is 9.93. The summed E-state index contributed by atoms with van der Waals surface area (Å²) in [5.74, 6) is 0.289. The predicted molar refractivity (Wildman–Crippen MR) is 125 cm³/mol. The second kappa shape index (κ2) is 8.81. The van der Waals surface area contributed by atoms with E-state index in [0.29, 0.717) is 10.6 Å². The lowest BCUT2D eigenvalue weighted by molar-refractivity contribution is 0.163. The highest BCUT2D eigenvalue weighted by Crippen LogP contribution is 2.32. The maximum atomic E-state index is 12.7. The highest BCUT2D eigenvalue weighted by Gasteiger charge is 2.35. The van der Waals surface area contributed by atoms with Crippen molar-refractivity contribution in [3.63, 3.8) is 0 Å². The topological polar surface area (TPSA) is 64.7 Å². The van der Waals surface area contributed by atoms with E-state index in [4.69, 9.17) is 0 Å². The van der Waals surface area contributed by atoms with E-state index in [-0.39, 0.29) is 12.1 Å². The molecule has 0 saturated carbocycles. The van der Waals surface area contributed by atoms with Gasteiger partial charge in [0.25, 0.3) is 0 Å². The molecule has 7 heteroatoms. The van der Waals surface area contributed by atoms with Crippen molar-refractivity contribution >= 4 is 21.4 Å². The summed E-state index contributed by atoms with van der Waals surface area (Å²) in [5, 5.41) is 3.42. The van der Waals surface area contributed by atoms with Crippen LogP contribution in [-0.2, 0) is 16.6 Å². The van der Waals surface area contributed by atoms with Crippen LogP contribution in [0.1, 0.15) is 37.7 Å². The Morgan fingerprint density at radius 2 is 1.58 bits per heavy atom. The molecule has 31 heavy (non-hydrogen) atoms. The van der Waals surface area contributed by atoms with Crippen molar-refractivity contribution in [3.05, 3.63) is 54.1 Å². The van der Waals surface area contributed by atoms with Crippen LogP contribution < -0.4 is 14.9 Å². The zero-order valence-corrected chi connectivity index (χ0v) is 18.8. The van der Waals surface area contributed by atoms with Gasteiger partial charge in [-0.05, 0) is 74.9 Å². The Bertz CT molecular complexity index is 1010. The van der Waals surface area contributed by atoms with Crippen molar-refractivity contribution < 1.29 is 8.42 Å². The molecule has 5 rings (SSSR count). The minimum Gasteiger partial charge on any atom is -0.371 e. The van der Waals surface area contributed by atoms with Gasteiger partial charge in [0, 0.05) is 25.3 Å². The minimum atomic E-state index is -3.45. The summed E-state index contributed by atoms with van der Waals surface area (Å²) in [6, 6.07) is 16.0. The van der Waals surface area contributed by atoms with Crippen LogP contribution in [0.5, 0.6) is 0 Å². The number of fused-ring (bicyclic) bond motifs is 1. The van der Waals surface area contributed by atoms with Gasteiger partial charge in [0.1, 0.15) is 4.90 Å². The number of sulfonamides is 1. The number of likely N-dealkylation sites (tertiary alicyclic amines) is 1. The average Bonchev–Trinajstić information content (AvgIpc) is 2.80. The zero-order chi connectivity index (χ0) is 21.3. The number of para-hydroxylation sites is 2. The standard InChI is InChI=1S/C24H32N4O2S/c29-31(30)23-11-5-3-9-21(23)25-24(26-31)19-12-16-27(17-13-19)18-20-8-2-4-10-22(20)28-14-6-1-7-15-28/h2-5,8-11,19,24-26H,1,6-7,12-18H2. The molecule has 1 atom stereocenters. The summed E-state index contributed by atoms with van der Waals surface area (Å²) < 4.78 is 28.2. The van der Waals surface area contributed by atoms with Crippen molar-refractivity contribution in [2.24, 2.45) is 5.92 Å². The first-order valence-corrected chi connectivity index (χ1v) is 13.0. The van der Waals surface area contributed by atoms with E-state index in [1.54, 1.807) is 12.1 Å². The van der Waals surface area contributed by atoms with Crippen LogP contribution in [0.3, 0.4) is 0 Å². The fourth-order valence-electron chi connectivity index (χ4n) is 5.24. The van der Waals surface area contributed by atoms with E-state index in [2.05, 4.69) is 44.1 Å². The van der Waals surface area contributed by atoms with Crippen molar-refractivity contribution in [3.8, 4) is 0 Å². The molecule has 0 aromatic heterocycles. The van der Waals surface area contributed by atoms with Crippen LogP contribution in [-0.4, -0.2) is 45.7 Å². The number of hydrogen-bond acceptors (Lipinski definition) is 5. The summed E-state index contributed by atoms with van der Waals surface area (Å²) in [7, 11) is -3.45. The average molecular weight is 441 g/mol. The number of benzene rings is 2. The molecule has 3 aliphatic rings. The number of anilines is 2. The van der Waals surface area contributed by atoms with Gasteiger partial charge in [0.2, 0.25) is 10.0 Å². The number of nitrogens with one attached hydrogen (secondary N) is 2. The Morgan fingerprint density at radius 3 is 2.39 bits per heavy atom. The van der Waals surface area contributed by atoms with Gasteiger partial charge in [-0.2, -0.15) is 4.72 Å². The molecule has 2 aromatic carbocycles. The second-order valence-electron chi connectivity index (χ2n) is 9.03. The third-order valence-electron chi connectivity index (χ3n) is 6.96. The van der Waals surface area contributed by atoms with E-state index in [0.717, 1.165) is 45.6 Å². The molecule has 2 saturated heterocycles.